The van der Waals surface area contributed by atoms with Crippen LogP contribution in [0.15, 0.2) is 24.3 Å². The highest BCUT2D eigenvalue weighted by molar-refractivity contribution is 6.36. The molecule has 0 saturated carbocycles. The summed E-state index contributed by atoms with van der Waals surface area (Å²) in [5.74, 6) is -1.64. The third-order valence-electron chi connectivity index (χ3n) is 2.99. The van der Waals surface area contributed by atoms with Gasteiger partial charge in [0.1, 0.15) is 15.4 Å². The molecule has 1 aromatic rings. The zero-order chi connectivity index (χ0) is 17.1. The summed E-state index contributed by atoms with van der Waals surface area (Å²) >= 11 is 0. The van der Waals surface area contributed by atoms with Crippen LogP contribution in [0.4, 0.5) is 0 Å². The third kappa shape index (κ3) is 6.94. The van der Waals surface area contributed by atoms with Crippen LogP contribution >= 0.6 is 0 Å². The van der Waals surface area contributed by atoms with Crippen LogP contribution < -0.4 is 5.32 Å². The SMILES string of the molecule is CCOC(OCC)[Si]CCCNC(=O)c1ccccc1C(=O)O. The Balaban J connectivity index is 2.36. The summed E-state index contributed by atoms with van der Waals surface area (Å²) in [5, 5.41) is 11.8. The number of hydrogen-bond donors (Lipinski definition) is 2. The first-order valence-electron chi connectivity index (χ1n) is 7.67. The summed E-state index contributed by atoms with van der Waals surface area (Å²) in [7, 11) is 0.511. The standard InChI is InChI=1S/C16H23NO5Si/c1-3-21-16(22-4-2)23-11-7-10-17-14(18)12-8-5-6-9-13(12)15(19)20/h5-6,8-9,16H,3-4,7,10-11H2,1-2H3,(H,17,18)(H,19,20). The van der Waals surface area contributed by atoms with E-state index in [0.717, 1.165) is 12.5 Å². The summed E-state index contributed by atoms with van der Waals surface area (Å²) in [6, 6.07) is 7.07. The predicted octanol–water partition coefficient (Wildman–Crippen LogP) is 1.98. The van der Waals surface area contributed by atoms with E-state index in [2.05, 4.69) is 5.32 Å². The van der Waals surface area contributed by atoms with Gasteiger partial charge in [-0.3, -0.25) is 4.79 Å². The Morgan fingerprint density at radius 1 is 1.17 bits per heavy atom. The molecule has 0 aliphatic carbocycles. The molecule has 0 heterocycles. The Morgan fingerprint density at radius 2 is 1.78 bits per heavy atom. The van der Waals surface area contributed by atoms with Crippen molar-refractivity contribution >= 4 is 21.4 Å². The molecule has 7 heteroatoms. The summed E-state index contributed by atoms with van der Waals surface area (Å²) in [6.45, 7) is 5.57. The molecule has 1 rings (SSSR count). The lowest BCUT2D eigenvalue weighted by Gasteiger charge is -2.16. The van der Waals surface area contributed by atoms with Gasteiger partial charge in [-0.05, 0) is 32.4 Å². The van der Waals surface area contributed by atoms with E-state index in [4.69, 9.17) is 14.6 Å². The summed E-state index contributed by atoms with van der Waals surface area (Å²) < 4.78 is 10.9. The molecule has 0 saturated heterocycles. The lowest BCUT2D eigenvalue weighted by molar-refractivity contribution is -0.0827. The van der Waals surface area contributed by atoms with E-state index in [1.54, 1.807) is 12.1 Å². The molecule has 0 fully saturated rings. The van der Waals surface area contributed by atoms with Crippen molar-refractivity contribution in [3.8, 4) is 0 Å². The molecule has 126 valence electrons. The van der Waals surface area contributed by atoms with Crippen molar-refractivity contribution in [1.29, 1.82) is 0 Å². The zero-order valence-electron chi connectivity index (χ0n) is 13.5. The smallest absolute Gasteiger partial charge is 0.336 e. The molecule has 0 aliphatic heterocycles. The van der Waals surface area contributed by atoms with Gasteiger partial charge >= 0.3 is 5.97 Å². The second kappa shape index (κ2) is 10.9. The number of rotatable bonds is 11. The van der Waals surface area contributed by atoms with Gasteiger partial charge in [0.2, 0.25) is 0 Å². The summed E-state index contributed by atoms with van der Waals surface area (Å²) in [4.78, 5) is 23.1. The Morgan fingerprint density at radius 3 is 2.35 bits per heavy atom. The number of hydrogen-bond acceptors (Lipinski definition) is 4. The van der Waals surface area contributed by atoms with Crippen LogP contribution in [0.2, 0.25) is 6.04 Å². The van der Waals surface area contributed by atoms with Crippen LogP contribution in [0.5, 0.6) is 0 Å². The van der Waals surface area contributed by atoms with Crippen LogP contribution in [0, 0.1) is 0 Å². The number of carbonyl (C=O) groups excluding carboxylic acids is 1. The van der Waals surface area contributed by atoms with Crippen molar-refractivity contribution in [2.45, 2.75) is 32.2 Å². The van der Waals surface area contributed by atoms with Crippen LogP contribution in [0.1, 0.15) is 41.0 Å². The van der Waals surface area contributed by atoms with E-state index in [1.165, 1.54) is 12.1 Å². The molecule has 2 radical (unpaired) electrons. The van der Waals surface area contributed by atoms with Crippen molar-refractivity contribution < 1.29 is 24.2 Å². The van der Waals surface area contributed by atoms with Gasteiger partial charge in [-0.1, -0.05) is 18.2 Å². The first-order valence-corrected chi connectivity index (χ1v) is 8.95. The number of carboxylic acids is 1. The monoisotopic (exact) mass is 337 g/mol. The minimum atomic E-state index is -1.10. The van der Waals surface area contributed by atoms with Crippen LogP contribution in [-0.2, 0) is 9.47 Å². The van der Waals surface area contributed by atoms with Crippen molar-refractivity contribution in [2.75, 3.05) is 19.8 Å². The van der Waals surface area contributed by atoms with Crippen LogP contribution in [-0.4, -0.2) is 52.2 Å². The number of carboxylic acid groups (broad SMARTS) is 1. The van der Waals surface area contributed by atoms with E-state index in [-0.39, 0.29) is 22.9 Å². The molecule has 23 heavy (non-hydrogen) atoms. The molecule has 2 N–H and O–H groups in total. The highest BCUT2D eigenvalue weighted by atomic mass is 28.2. The fraction of sp³-hybridized carbons (Fsp3) is 0.500. The van der Waals surface area contributed by atoms with Crippen molar-refractivity contribution in [3.63, 3.8) is 0 Å². The fourth-order valence-corrected chi connectivity index (χ4v) is 3.13. The second-order valence-corrected chi connectivity index (χ2v) is 6.04. The number of amides is 1. The molecular formula is C16H23NO5Si. The van der Waals surface area contributed by atoms with Crippen LogP contribution in [0.3, 0.4) is 0 Å². The maximum Gasteiger partial charge on any atom is 0.336 e. The maximum atomic E-state index is 12.1. The normalized spacial score (nSPS) is 10.7. The molecule has 0 aliphatic rings. The van der Waals surface area contributed by atoms with Gasteiger partial charge in [-0.15, -0.1) is 0 Å². The first-order chi connectivity index (χ1) is 11.1. The summed E-state index contributed by atoms with van der Waals surface area (Å²) in [6.07, 6.45) is 0.788. The third-order valence-corrected chi connectivity index (χ3v) is 4.30. The first kappa shape index (κ1) is 19.3. The van der Waals surface area contributed by atoms with Gasteiger partial charge in [0.15, 0.2) is 0 Å². The van der Waals surface area contributed by atoms with Gasteiger partial charge in [0.25, 0.3) is 5.91 Å². The lowest BCUT2D eigenvalue weighted by Crippen LogP contribution is -2.28. The number of ether oxygens (including phenoxy) is 2. The molecular weight excluding hydrogens is 314 g/mol. The van der Waals surface area contributed by atoms with E-state index in [9.17, 15) is 9.59 Å². The molecule has 0 bridgehead atoms. The minimum absolute atomic E-state index is 0.0135. The Bertz CT molecular complexity index is 503. The van der Waals surface area contributed by atoms with E-state index < -0.39 is 5.97 Å². The lowest BCUT2D eigenvalue weighted by atomic mass is 10.1. The Hall–Kier alpha value is -1.70. The van der Waals surface area contributed by atoms with Gasteiger partial charge in [0.05, 0.1) is 11.1 Å². The molecule has 0 aromatic heterocycles. The number of carbonyl (C=O) groups is 2. The fourth-order valence-electron chi connectivity index (χ4n) is 1.94. The van der Waals surface area contributed by atoms with Crippen molar-refractivity contribution in [3.05, 3.63) is 35.4 Å². The topological polar surface area (TPSA) is 84.9 Å². The molecule has 0 atom stereocenters. The van der Waals surface area contributed by atoms with Gasteiger partial charge in [0, 0.05) is 19.8 Å². The number of aromatic carboxylic acids is 1. The molecule has 0 unspecified atom stereocenters. The largest absolute Gasteiger partial charge is 0.478 e. The quantitative estimate of drug-likeness (QED) is 0.366. The number of nitrogens with one attached hydrogen (secondary N) is 1. The molecule has 1 amide bonds. The van der Waals surface area contributed by atoms with E-state index in [1.807, 2.05) is 13.8 Å². The van der Waals surface area contributed by atoms with E-state index >= 15 is 0 Å². The Kier molecular flexibility index (Phi) is 9.19. The molecule has 1 aromatic carbocycles. The molecule has 6 nitrogen and oxygen atoms in total. The maximum absolute atomic E-state index is 12.1. The second-order valence-electron chi connectivity index (χ2n) is 4.66. The highest BCUT2D eigenvalue weighted by Gasteiger charge is 2.15. The Labute approximate surface area is 139 Å². The summed E-state index contributed by atoms with van der Waals surface area (Å²) in [5.41, 5.74) is 0.198. The van der Waals surface area contributed by atoms with Crippen LogP contribution in [0.25, 0.3) is 0 Å². The number of benzene rings is 1. The van der Waals surface area contributed by atoms with Crippen molar-refractivity contribution in [1.82, 2.24) is 5.32 Å². The zero-order valence-corrected chi connectivity index (χ0v) is 14.5. The molecule has 0 spiro atoms. The van der Waals surface area contributed by atoms with Gasteiger partial charge in [-0.25, -0.2) is 4.79 Å². The van der Waals surface area contributed by atoms with E-state index in [0.29, 0.717) is 29.3 Å². The minimum Gasteiger partial charge on any atom is -0.478 e. The highest BCUT2D eigenvalue weighted by Crippen LogP contribution is 2.08. The average molecular weight is 337 g/mol. The average Bonchev–Trinajstić information content (AvgIpc) is 2.54. The predicted molar refractivity (Wildman–Crippen MR) is 88.0 cm³/mol. The van der Waals surface area contributed by atoms with Gasteiger partial charge in [-0.2, -0.15) is 0 Å². The van der Waals surface area contributed by atoms with Gasteiger partial charge < -0.3 is 19.9 Å². The van der Waals surface area contributed by atoms with Crippen molar-refractivity contribution in [2.24, 2.45) is 0 Å².